The molecular weight excluding hydrogens is 302 g/mol. The van der Waals surface area contributed by atoms with Gasteiger partial charge < -0.3 is 15.4 Å². The zero-order valence-corrected chi connectivity index (χ0v) is 14.6. The lowest BCUT2D eigenvalue weighted by Crippen LogP contribution is -2.46. The number of nitrogens with one attached hydrogen (secondary N) is 2. The number of morpholine rings is 1. The predicted molar refractivity (Wildman–Crippen MR) is 94.9 cm³/mol. The Bertz CT molecular complexity index is 520. The van der Waals surface area contributed by atoms with Crippen LogP contribution in [0.2, 0.25) is 0 Å². The molecule has 1 aromatic carbocycles. The highest BCUT2D eigenvalue weighted by molar-refractivity contribution is 5.79. The number of carbonyl (C=O) groups is 1. The second kappa shape index (κ2) is 8.60. The molecular formula is C19H29N3O2. The van der Waals surface area contributed by atoms with E-state index >= 15 is 0 Å². The lowest BCUT2D eigenvalue weighted by Gasteiger charge is -2.35. The van der Waals surface area contributed by atoms with Crippen LogP contribution in [0, 0.1) is 12.8 Å². The molecule has 2 saturated heterocycles. The van der Waals surface area contributed by atoms with Gasteiger partial charge in [0.25, 0.3) is 0 Å². The zero-order valence-electron chi connectivity index (χ0n) is 14.6. The normalized spacial score (nSPS) is 23.6. The summed E-state index contributed by atoms with van der Waals surface area (Å²) < 4.78 is 5.49. The minimum absolute atomic E-state index is 0.113. The predicted octanol–water partition coefficient (Wildman–Crippen LogP) is 1.48. The smallest absolute Gasteiger partial charge is 0.224 e. The van der Waals surface area contributed by atoms with E-state index in [0.29, 0.717) is 6.54 Å². The van der Waals surface area contributed by atoms with Gasteiger partial charge in [-0.25, -0.2) is 0 Å². The molecule has 2 aliphatic rings. The number of benzene rings is 1. The fraction of sp³-hybridized carbons (Fsp3) is 0.632. The first-order valence-corrected chi connectivity index (χ1v) is 9.11. The standard InChI is InChI=1S/C19H29N3O2/c1-15-4-6-16(7-5-15)18(22-9-11-24-12-10-22)14-21-19(23)17-3-2-8-20-13-17/h4-7,17-18,20H,2-3,8-14H2,1H3,(H,21,23). The van der Waals surface area contributed by atoms with Crippen LogP contribution in [-0.4, -0.2) is 56.7 Å². The molecule has 0 radical (unpaired) electrons. The minimum atomic E-state index is 0.113. The molecule has 5 heteroatoms. The third kappa shape index (κ3) is 4.56. The van der Waals surface area contributed by atoms with Crippen LogP contribution in [-0.2, 0) is 9.53 Å². The van der Waals surface area contributed by atoms with Gasteiger partial charge in [-0.05, 0) is 31.9 Å². The fourth-order valence-corrected chi connectivity index (χ4v) is 3.55. The summed E-state index contributed by atoms with van der Waals surface area (Å²) in [5.41, 5.74) is 2.53. The second-order valence-corrected chi connectivity index (χ2v) is 6.86. The number of piperidine rings is 1. The number of ether oxygens (including phenoxy) is 1. The molecule has 5 nitrogen and oxygen atoms in total. The van der Waals surface area contributed by atoms with Crippen molar-refractivity contribution < 1.29 is 9.53 Å². The average molecular weight is 331 g/mol. The van der Waals surface area contributed by atoms with Gasteiger partial charge in [0.2, 0.25) is 5.91 Å². The Morgan fingerprint density at radius 2 is 2.08 bits per heavy atom. The number of carbonyl (C=O) groups excluding carboxylic acids is 1. The van der Waals surface area contributed by atoms with Gasteiger partial charge in [-0.3, -0.25) is 9.69 Å². The molecule has 24 heavy (non-hydrogen) atoms. The first-order valence-electron chi connectivity index (χ1n) is 9.11. The van der Waals surface area contributed by atoms with E-state index < -0.39 is 0 Å². The third-order valence-corrected chi connectivity index (χ3v) is 5.09. The maximum atomic E-state index is 12.5. The van der Waals surface area contributed by atoms with E-state index in [-0.39, 0.29) is 17.9 Å². The maximum Gasteiger partial charge on any atom is 0.224 e. The summed E-state index contributed by atoms with van der Waals surface area (Å²) in [4.78, 5) is 14.9. The summed E-state index contributed by atoms with van der Waals surface area (Å²) in [5, 5.41) is 6.52. The molecule has 2 unspecified atom stereocenters. The summed E-state index contributed by atoms with van der Waals surface area (Å²) in [6.07, 6.45) is 2.08. The molecule has 0 spiro atoms. The van der Waals surface area contributed by atoms with Crippen LogP contribution in [0.15, 0.2) is 24.3 Å². The monoisotopic (exact) mass is 331 g/mol. The van der Waals surface area contributed by atoms with Crippen molar-refractivity contribution in [3.8, 4) is 0 Å². The zero-order chi connectivity index (χ0) is 16.8. The summed E-state index contributed by atoms with van der Waals surface area (Å²) in [5.74, 6) is 0.301. The Kier molecular flexibility index (Phi) is 6.24. The van der Waals surface area contributed by atoms with Gasteiger partial charge >= 0.3 is 0 Å². The lowest BCUT2D eigenvalue weighted by molar-refractivity contribution is -0.125. The molecule has 132 valence electrons. The van der Waals surface area contributed by atoms with Crippen molar-refractivity contribution in [2.45, 2.75) is 25.8 Å². The van der Waals surface area contributed by atoms with Crippen molar-refractivity contribution >= 4 is 5.91 Å². The number of nitrogens with zero attached hydrogens (tertiary/aromatic N) is 1. The van der Waals surface area contributed by atoms with Crippen LogP contribution < -0.4 is 10.6 Å². The molecule has 0 aromatic heterocycles. The largest absolute Gasteiger partial charge is 0.379 e. The van der Waals surface area contributed by atoms with E-state index in [2.05, 4.69) is 46.7 Å². The van der Waals surface area contributed by atoms with Gasteiger partial charge in [0, 0.05) is 26.2 Å². The summed E-state index contributed by atoms with van der Waals surface area (Å²) in [7, 11) is 0. The quantitative estimate of drug-likeness (QED) is 0.858. The van der Waals surface area contributed by atoms with E-state index in [1.165, 1.54) is 11.1 Å². The number of aryl methyl sites for hydroxylation is 1. The Morgan fingerprint density at radius 1 is 1.33 bits per heavy atom. The van der Waals surface area contributed by atoms with Gasteiger partial charge in [-0.2, -0.15) is 0 Å². The van der Waals surface area contributed by atoms with E-state index in [9.17, 15) is 4.79 Å². The minimum Gasteiger partial charge on any atom is -0.379 e. The van der Waals surface area contributed by atoms with Gasteiger partial charge in [0.15, 0.2) is 0 Å². The highest BCUT2D eigenvalue weighted by Crippen LogP contribution is 2.22. The Hall–Kier alpha value is -1.43. The molecule has 2 aliphatic heterocycles. The summed E-state index contributed by atoms with van der Waals surface area (Å²) >= 11 is 0. The molecule has 2 heterocycles. The average Bonchev–Trinajstić information content (AvgIpc) is 2.65. The first-order chi connectivity index (χ1) is 11.7. The number of amides is 1. The number of hydrogen-bond acceptors (Lipinski definition) is 4. The van der Waals surface area contributed by atoms with Crippen LogP contribution >= 0.6 is 0 Å². The highest BCUT2D eigenvalue weighted by Gasteiger charge is 2.25. The summed E-state index contributed by atoms with van der Waals surface area (Å²) in [6, 6.07) is 8.88. The van der Waals surface area contributed by atoms with Crippen molar-refractivity contribution in [2.75, 3.05) is 45.9 Å². The first kappa shape index (κ1) is 17.4. The van der Waals surface area contributed by atoms with Crippen LogP contribution in [0.4, 0.5) is 0 Å². The van der Waals surface area contributed by atoms with E-state index in [0.717, 1.165) is 52.2 Å². The van der Waals surface area contributed by atoms with Crippen LogP contribution in [0.3, 0.4) is 0 Å². The van der Waals surface area contributed by atoms with E-state index in [1.54, 1.807) is 0 Å². The topological polar surface area (TPSA) is 53.6 Å². The Labute approximate surface area is 144 Å². The van der Waals surface area contributed by atoms with Crippen molar-refractivity contribution in [1.82, 2.24) is 15.5 Å². The maximum absolute atomic E-state index is 12.5. The van der Waals surface area contributed by atoms with Crippen LogP contribution in [0.5, 0.6) is 0 Å². The lowest BCUT2D eigenvalue weighted by atomic mass is 9.98. The van der Waals surface area contributed by atoms with E-state index in [1.807, 2.05) is 0 Å². The molecule has 1 amide bonds. The highest BCUT2D eigenvalue weighted by atomic mass is 16.5. The van der Waals surface area contributed by atoms with Crippen molar-refractivity contribution in [3.05, 3.63) is 35.4 Å². The van der Waals surface area contributed by atoms with Crippen molar-refractivity contribution in [3.63, 3.8) is 0 Å². The Balaban J connectivity index is 1.64. The second-order valence-electron chi connectivity index (χ2n) is 6.86. The molecule has 0 saturated carbocycles. The molecule has 1 aromatic rings. The van der Waals surface area contributed by atoms with E-state index in [4.69, 9.17) is 4.74 Å². The molecule has 2 atom stereocenters. The molecule has 0 bridgehead atoms. The van der Waals surface area contributed by atoms with Crippen LogP contribution in [0.1, 0.15) is 30.0 Å². The summed E-state index contributed by atoms with van der Waals surface area (Å²) in [6.45, 7) is 7.97. The Morgan fingerprint density at radius 3 is 2.75 bits per heavy atom. The van der Waals surface area contributed by atoms with Gasteiger partial charge in [0.1, 0.15) is 0 Å². The third-order valence-electron chi connectivity index (χ3n) is 5.09. The van der Waals surface area contributed by atoms with Gasteiger partial charge in [-0.1, -0.05) is 29.8 Å². The molecule has 2 fully saturated rings. The molecule has 0 aliphatic carbocycles. The fourth-order valence-electron chi connectivity index (χ4n) is 3.55. The molecule has 2 N–H and O–H groups in total. The molecule has 3 rings (SSSR count). The number of hydrogen-bond donors (Lipinski definition) is 2. The number of rotatable bonds is 5. The van der Waals surface area contributed by atoms with Gasteiger partial charge in [0.05, 0.1) is 25.2 Å². The van der Waals surface area contributed by atoms with Crippen molar-refractivity contribution in [2.24, 2.45) is 5.92 Å². The van der Waals surface area contributed by atoms with Crippen LogP contribution in [0.25, 0.3) is 0 Å². The van der Waals surface area contributed by atoms with Crippen molar-refractivity contribution in [1.29, 1.82) is 0 Å². The van der Waals surface area contributed by atoms with Gasteiger partial charge in [-0.15, -0.1) is 0 Å². The SMILES string of the molecule is Cc1ccc(C(CNC(=O)C2CCCNC2)N2CCOCC2)cc1.